The maximum absolute atomic E-state index is 11.7. The molecule has 7 rings (SSSR count). The smallest absolute Gasteiger partial charge is 0.330 e. The fourth-order valence-corrected chi connectivity index (χ4v) is 5.90. The zero-order valence-electron chi connectivity index (χ0n) is 21.9. The summed E-state index contributed by atoms with van der Waals surface area (Å²) in [5.74, 6) is 1.66. The predicted octanol–water partition coefficient (Wildman–Crippen LogP) is 5.65. The number of hydrogen-bond acceptors (Lipinski definition) is 6. The third-order valence-corrected chi connectivity index (χ3v) is 7.89. The lowest BCUT2D eigenvalue weighted by Gasteiger charge is -2.31. The average Bonchev–Trinajstić information content (AvgIpc) is 3.59. The third kappa shape index (κ3) is 3.83. The van der Waals surface area contributed by atoms with Crippen LogP contribution in [-0.2, 0) is 19.4 Å². The summed E-state index contributed by atoms with van der Waals surface area (Å²) in [6, 6.07) is 17.1. The van der Waals surface area contributed by atoms with Gasteiger partial charge in [-0.3, -0.25) is 9.51 Å². The summed E-state index contributed by atoms with van der Waals surface area (Å²) < 4.78 is 7.18. The van der Waals surface area contributed by atoms with Gasteiger partial charge in [0.25, 0.3) is 0 Å². The number of nitrogens with one attached hydrogen (secondary N) is 1. The van der Waals surface area contributed by atoms with Crippen LogP contribution in [0.25, 0.3) is 11.2 Å². The number of hydrogen-bond donors (Lipinski definition) is 1. The number of benzene rings is 2. The van der Waals surface area contributed by atoms with Crippen LogP contribution in [0.2, 0.25) is 0 Å². The minimum atomic E-state index is -0.538. The molecule has 0 bridgehead atoms. The van der Waals surface area contributed by atoms with Crippen molar-refractivity contribution in [1.29, 1.82) is 0 Å². The van der Waals surface area contributed by atoms with Crippen molar-refractivity contribution in [1.82, 2.24) is 24.7 Å². The van der Waals surface area contributed by atoms with Gasteiger partial charge in [-0.2, -0.15) is 0 Å². The Morgan fingerprint density at radius 3 is 2.61 bits per heavy atom. The number of imidazole rings is 1. The van der Waals surface area contributed by atoms with E-state index >= 15 is 0 Å². The topological polar surface area (TPSA) is 92.8 Å². The summed E-state index contributed by atoms with van der Waals surface area (Å²) in [6.07, 6.45) is 4.25. The second-order valence-corrected chi connectivity index (χ2v) is 10.7. The van der Waals surface area contributed by atoms with E-state index in [0.29, 0.717) is 11.7 Å². The number of nitrogens with zero attached hydrogens (tertiary/aromatic N) is 5. The van der Waals surface area contributed by atoms with Crippen molar-refractivity contribution in [3.8, 4) is 0 Å². The van der Waals surface area contributed by atoms with Crippen LogP contribution < -0.4 is 10.7 Å². The minimum absolute atomic E-state index is 0.209. The maximum Gasteiger partial charge on any atom is 0.438 e. The van der Waals surface area contributed by atoms with Gasteiger partial charge in [0, 0.05) is 23.0 Å². The van der Waals surface area contributed by atoms with E-state index in [1.807, 2.05) is 6.92 Å². The second kappa shape index (κ2) is 8.68. The molecule has 1 aliphatic heterocycles. The van der Waals surface area contributed by atoms with E-state index in [1.54, 1.807) is 0 Å². The van der Waals surface area contributed by atoms with Crippen molar-refractivity contribution in [3.05, 3.63) is 98.7 Å². The van der Waals surface area contributed by atoms with Crippen molar-refractivity contribution in [2.24, 2.45) is 0 Å². The standard InChI is InChI=1S/C30H30N6O2/c1-17-14-18(2)31-29-26(17)32-28(22-10-11-22)35(29)16-20-8-13-25-23(15-20)12-9-21-6-4-5-7-24(21)36(25)19(3)27-33-30(37)38-34-27/h4-8,13-15,19,22H,9-12,16H2,1-3H3,(H,33,34,37). The highest BCUT2D eigenvalue weighted by atomic mass is 16.5. The fourth-order valence-electron chi connectivity index (χ4n) is 5.90. The number of anilines is 2. The molecule has 1 N–H and O–H groups in total. The number of H-pyrrole nitrogens is 1. The first-order chi connectivity index (χ1) is 18.5. The number of pyridine rings is 1. The van der Waals surface area contributed by atoms with E-state index < -0.39 is 5.76 Å². The van der Waals surface area contributed by atoms with Crippen molar-refractivity contribution >= 4 is 22.5 Å². The molecule has 2 aliphatic rings. The molecular formula is C30H30N6O2. The van der Waals surface area contributed by atoms with Crippen LogP contribution in [0.4, 0.5) is 11.4 Å². The van der Waals surface area contributed by atoms with Gasteiger partial charge in [-0.25, -0.2) is 14.8 Å². The van der Waals surface area contributed by atoms with E-state index in [-0.39, 0.29) is 6.04 Å². The summed E-state index contributed by atoms with van der Waals surface area (Å²) in [7, 11) is 0. The number of fused-ring (bicyclic) bond motifs is 3. The van der Waals surface area contributed by atoms with Crippen LogP contribution in [0.1, 0.15) is 71.3 Å². The Hall–Kier alpha value is -4.20. The minimum Gasteiger partial charge on any atom is -0.330 e. The molecule has 5 aromatic rings. The van der Waals surface area contributed by atoms with Crippen LogP contribution in [0.5, 0.6) is 0 Å². The first kappa shape index (κ1) is 23.0. The second-order valence-electron chi connectivity index (χ2n) is 10.7. The molecule has 1 fully saturated rings. The highest BCUT2D eigenvalue weighted by Gasteiger charge is 2.31. The van der Waals surface area contributed by atoms with Crippen LogP contribution >= 0.6 is 0 Å². The summed E-state index contributed by atoms with van der Waals surface area (Å²) in [5.41, 5.74) is 10.2. The molecule has 0 saturated heterocycles. The van der Waals surface area contributed by atoms with Gasteiger partial charge in [-0.05, 0) is 86.9 Å². The largest absolute Gasteiger partial charge is 0.438 e. The van der Waals surface area contributed by atoms with Gasteiger partial charge >= 0.3 is 5.76 Å². The Morgan fingerprint density at radius 2 is 1.82 bits per heavy atom. The van der Waals surface area contributed by atoms with Gasteiger partial charge in [0.05, 0.1) is 12.6 Å². The molecule has 192 valence electrons. The molecular weight excluding hydrogens is 476 g/mol. The van der Waals surface area contributed by atoms with Crippen molar-refractivity contribution in [2.45, 2.75) is 65.0 Å². The van der Waals surface area contributed by atoms with E-state index in [2.05, 4.69) is 82.0 Å². The first-order valence-electron chi connectivity index (χ1n) is 13.4. The summed E-state index contributed by atoms with van der Waals surface area (Å²) in [5, 5.41) is 4.01. The lowest BCUT2D eigenvalue weighted by molar-refractivity contribution is 0.378. The molecule has 8 heteroatoms. The highest BCUT2D eigenvalue weighted by molar-refractivity contribution is 5.76. The Kier molecular flexibility index (Phi) is 5.25. The Morgan fingerprint density at radius 1 is 1.03 bits per heavy atom. The molecule has 8 nitrogen and oxygen atoms in total. The maximum atomic E-state index is 11.7. The highest BCUT2D eigenvalue weighted by Crippen LogP contribution is 2.43. The van der Waals surface area contributed by atoms with Crippen molar-refractivity contribution < 1.29 is 4.52 Å². The zero-order valence-corrected chi connectivity index (χ0v) is 21.9. The number of rotatable bonds is 5. The lowest BCUT2D eigenvalue weighted by Crippen LogP contribution is -2.24. The first-order valence-corrected chi connectivity index (χ1v) is 13.4. The van der Waals surface area contributed by atoms with Crippen LogP contribution in [0.3, 0.4) is 0 Å². The SMILES string of the molecule is Cc1cc(C)c2nc(C3CC3)n(Cc3ccc4c(c3)CCc3ccccc3N4C(C)c3noc(=O)[nH]3)c2n1. The van der Waals surface area contributed by atoms with Gasteiger partial charge in [-0.15, -0.1) is 0 Å². The Labute approximate surface area is 220 Å². The molecule has 38 heavy (non-hydrogen) atoms. The normalized spacial score (nSPS) is 15.8. The van der Waals surface area contributed by atoms with E-state index in [4.69, 9.17) is 14.5 Å². The van der Waals surface area contributed by atoms with Crippen LogP contribution in [0.15, 0.2) is 57.8 Å². The average molecular weight is 507 g/mol. The predicted molar refractivity (Wildman–Crippen MR) is 146 cm³/mol. The number of aromatic nitrogens is 5. The fraction of sp³-hybridized carbons (Fsp3) is 0.333. The molecule has 1 saturated carbocycles. The zero-order chi connectivity index (χ0) is 26.0. The van der Waals surface area contributed by atoms with E-state index in [1.165, 1.54) is 35.1 Å². The molecule has 1 unspecified atom stereocenters. The quantitative estimate of drug-likeness (QED) is 0.331. The van der Waals surface area contributed by atoms with Crippen molar-refractivity contribution in [3.63, 3.8) is 0 Å². The summed E-state index contributed by atoms with van der Waals surface area (Å²) in [4.78, 5) is 26.7. The summed E-state index contributed by atoms with van der Waals surface area (Å²) >= 11 is 0. The summed E-state index contributed by atoms with van der Waals surface area (Å²) in [6.45, 7) is 6.97. The molecule has 1 aliphatic carbocycles. The third-order valence-electron chi connectivity index (χ3n) is 7.89. The molecule has 2 aromatic carbocycles. The van der Waals surface area contributed by atoms with Gasteiger partial charge in [0.15, 0.2) is 11.5 Å². The van der Waals surface area contributed by atoms with Crippen LogP contribution in [0, 0.1) is 13.8 Å². The Bertz CT molecular complexity index is 1740. The van der Waals surface area contributed by atoms with Crippen molar-refractivity contribution in [2.75, 3.05) is 4.90 Å². The van der Waals surface area contributed by atoms with Gasteiger partial charge in [-0.1, -0.05) is 35.5 Å². The van der Waals surface area contributed by atoms with E-state index in [0.717, 1.165) is 53.4 Å². The number of aromatic amines is 1. The molecule has 1 atom stereocenters. The number of para-hydroxylation sites is 1. The molecule has 4 heterocycles. The van der Waals surface area contributed by atoms with Crippen LogP contribution in [-0.4, -0.2) is 24.7 Å². The van der Waals surface area contributed by atoms with Gasteiger partial charge < -0.3 is 9.47 Å². The van der Waals surface area contributed by atoms with Gasteiger partial charge in [0.1, 0.15) is 11.3 Å². The molecule has 3 aromatic heterocycles. The molecule has 0 amide bonds. The molecule has 0 spiro atoms. The van der Waals surface area contributed by atoms with E-state index in [9.17, 15) is 4.79 Å². The monoisotopic (exact) mass is 506 g/mol. The molecule has 0 radical (unpaired) electrons. The lowest BCUT2D eigenvalue weighted by atomic mass is 10.0. The van der Waals surface area contributed by atoms with Gasteiger partial charge in [0.2, 0.25) is 0 Å². The number of aryl methyl sites for hydroxylation is 4. The Balaban J connectivity index is 1.32.